The van der Waals surface area contributed by atoms with Gasteiger partial charge in [-0.15, -0.1) is 0 Å². The molecule has 5 atom stereocenters. The molecule has 0 aliphatic carbocycles. The predicted molar refractivity (Wildman–Crippen MR) is 102 cm³/mol. The van der Waals surface area contributed by atoms with Crippen molar-refractivity contribution in [3.63, 3.8) is 0 Å². The van der Waals surface area contributed by atoms with Crippen LogP contribution in [0.15, 0.2) is 23.3 Å². The molecule has 1 saturated heterocycles. The summed E-state index contributed by atoms with van der Waals surface area (Å²) in [5.74, 6) is 0. The van der Waals surface area contributed by atoms with Gasteiger partial charge in [-0.05, 0) is 53.4 Å². The number of allylic oxidation sites excluding steroid dienone is 3. The van der Waals surface area contributed by atoms with E-state index in [0.717, 1.165) is 24.8 Å². The molecular formula is C20H36O7. The summed E-state index contributed by atoms with van der Waals surface area (Å²) in [6.07, 6.45) is 1.68. The molecule has 0 radical (unpaired) electrons. The SMILES string of the molecule is C/C(=C\CO[C@H]1OC[C@@H](O)[C@@H](O)[C@H]1O)CC/C=C(\C)CCC(O)C(C)(C)O. The van der Waals surface area contributed by atoms with Gasteiger partial charge in [-0.1, -0.05) is 23.3 Å². The van der Waals surface area contributed by atoms with Crippen molar-refractivity contribution in [1.82, 2.24) is 0 Å². The van der Waals surface area contributed by atoms with E-state index in [4.69, 9.17) is 9.47 Å². The Morgan fingerprint density at radius 3 is 2.37 bits per heavy atom. The maximum absolute atomic E-state index is 9.84. The first-order valence-electron chi connectivity index (χ1n) is 9.51. The molecule has 0 aromatic heterocycles. The molecule has 1 aliphatic heterocycles. The Morgan fingerprint density at radius 2 is 1.74 bits per heavy atom. The first-order valence-corrected chi connectivity index (χ1v) is 9.51. The third kappa shape index (κ3) is 8.83. The van der Waals surface area contributed by atoms with Crippen molar-refractivity contribution < 1.29 is 35.0 Å². The molecule has 0 aromatic rings. The molecule has 7 heteroatoms. The van der Waals surface area contributed by atoms with Gasteiger partial charge in [0.15, 0.2) is 6.29 Å². The monoisotopic (exact) mass is 388 g/mol. The Labute approximate surface area is 161 Å². The Bertz CT molecular complexity index is 495. The highest BCUT2D eigenvalue weighted by Crippen LogP contribution is 2.18. The maximum Gasteiger partial charge on any atom is 0.186 e. The quantitative estimate of drug-likeness (QED) is 0.355. The Balaban J connectivity index is 2.28. The number of hydrogen-bond acceptors (Lipinski definition) is 7. The third-order valence-electron chi connectivity index (χ3n) is 4.81. The van der Waals surface area contributed by atoms with Gasteiger partial charge in [-0.2, -0.15) is 0 Å². The first kappa shape index (κ1) is 24.2. The summed E-state index contributed by atoms with van der Waals surface area (Å²) in [6.45, 7) is 7.39. The van der Waals surface area contributed by atoms with E-state index >= 15 is 0 Å². The lowest BCUT2D eigenvalue weighted by Crippen LogP contribution is -2.53. The molecule has 1 rings (SSSR count). The van der Waals surface area contributed by atoms with Crippen LogP contribution in [0.2, 0.25) is 0 Å². The summed E-state index contributed by atoms with van der Waals surface area (Å²) >= 11 is 0. The maximum atomic E-state index is 9.84. The first-order chi connectivity index (χ1) is 12.5. The van der Waals surface area contributed by atoms with E-state index in [1.54, 1.807) is 13.8 Å². The van der Waals surface area contributed by atoms with E-state index in [9.17, 15) is 25.5 Å². The van der Waals surface area contributed by atoms with E-state index in [2.05, 4.69) is 6.08 Å². The summed E-state index contributed by atoms with van der Waals surface area (Å²) in [5, 5.41) is 48.4. The minimum atomic E-state index is -1.27. The second-order valence-corrected chi connectivity index (χ2v) is 7.93. The minimum absolute atomic E-state index is 0.0716. The number of ether oxygens (including phenoxy) is 2. The van der Waals surface area contributed by atoms with Gasteiger partial charge < -0.3 is 35.0 Å². The van der Waals surface area contributed by atoms with Crippen LogP contribution in [0.25, 0.3) is 0 Å². The zero-order valence-corrected chi connectivity index (χ0v) is 16.8. The van der Waals surface area contributed by atoms with Crippen LogP contribution in [0, 0.1) is 0 Å². The van der Waals surface area contributed by atoms with Crippen LogP contribution >= 0.6 is 0 Å². The van der Waals surface area contributed by atoms with Crippen LogP contribution in [-0.4, -0.2) is 75.1 Å². The van der Waals surface area contributed by atoms with Crippen molar-refractivity contribution in [2.45, 2.75) is 89.7 Å². The summed E-state index contributed by atoms with van der Waals surface area (Å²) in [7, 11) is 0. The highest BCUT2D eigenvalue weighted by molar-refractivity contribution is 5.04. The topological polar surface area (TPSA) is 120 Å². The van der Waals surface area contributed by atoms with Crippen LogP contribution in [0.3, 0.4) is 0 Å². The second-order valence-electron chi connectivity index (χ2n) is 7.93. The molecule has 158 valence electrons. The number of aliphatic hydroxyl groups is 5. The van der Waals surface area contributed by atoms with Crippen molar-refractivity contribution in [2.75, 3.05) is 13.2 Å². The van der Waals surface area contributed by atoms with E-state index in [1.165, 1.54) is 5.57 Å². The van der Waals surface area contributed by atoms with Crippen molar-refractivity contribution in [2.24, 2.45) is 0 Å². The molecule has 0 saturated carbocycles. The Kier molecular flexibility index (Phi) is 10.1. The standard InChI is InChI=1S/C20H36O7/c1-13(8-9-16(22)20(3,4)25)6-5-7-14(2)10-11-26-19-18(24)17(23)15(21)12-27-19/h6,10,15-19,21-25H,5,7-9,11-12H2,1-4H3/b13-6+,14-10+/t15-,16?,17-,18-,19+/m1/s1. The third-order valence-corrected chi connectivity index (χ3v) is 4.81. The molecule has 1 aliphatic rings. The van der Waals surface area contributed by atoms with Crippen molar-refractivity contribution >= 4 is 0 Å². The van der Waals surface area contributed by atoms with Gasteiger partial charge in [0.05, 0.1) is 24.9 Å². The minimum Gasteiger partial charge on any atom is -0.390 e. The van der Waals surface area contributed by atoms with Crippen LogP contribution in [0.1, 0.15) is 53.4 Å². The molecule has 0 amide bonds. The summed E-state index contributed by atoms with van der Waals surface area (Å²) < 4.78 is 10.6. The Hall–Kier alpha value is -0.800. The molecule has 1 heterocycles. The normalized spacial score (nSPS) is 29.1. The van der Waals surface area contributed by atoms with Crippen molar-refractivity contribution in [1.29, 1.82) is 0 Å². The number of rotatable bonds is 10. The van der Waals surface area contributed by atoms with Gasteiger partial charge in [0.2, 0.25) is 0 Å². The van der Waals surface area contributed by atoms with Crippen molar-refractivity contribution in [3.05, 3.63) is 23.3 Å². The van der Waals surface area contributed by atoms with E-state index in [-0.39, 0.29) is 13.2 Å². The fourth-order valence-corrected chi connectivity index (χ4v) is 2.68. The van der Waals surface area contributed by atoms with E-state index in [1.807, 2.05) is 19.9 Å². The Morgan fingerprint density at radius 1 is 1.11 bits per heavy atom. The van der Waals surface area contributed by atoms with Gasteiger partial charge in [0, 0.05) is 0 Å². The van der Waals surface area contributed by atoms with Crippen LogP contribution in [-0.2, 0) is 9.47 Å². The molecule has 5 N–H and O–H groups in total. The zero-order chi connectivity index (χ0) is 20.6. The average Bonchev–Trinajstić information content (AvgIpc) is 2.58. The van der Waals surface area contributed by atoms with Crippen LogP contribution < -0.4 is 0 Å². The molecule has 7 nitrogen and oxygen atoms in total. The number of hydrogen-bond donors (Lipinski definition) is 5. The molecule has 1 fully saturated rings. The fourth-order valence-electron chi connectivity index (χ4n) is 2.68. The smallest absolute Gasteiger partial charge is 0.186 e. The zero-order valence-electron chi connectivity index (χ0n) is 16.8. The molecule has 0 spiro atoms. The van der Waals surface area contributed by atoms with Gasteiger partial charge in [0.1, 0.15) is 18.3 Å². The second kappa shape index (κ2) is 11.3. The van der Waals surface area contributed by atoms with Gasteiger partial charge in [0.25, 0.3) is 0 Å². The van der Waals surface area contributed by atoms with E-state index in [0.29, 0.717) is 6.42 Å². The summed E-state index contributed by atoms with van der Waals surface area (Å²) in [4.78, 5) is 0. The summed E-state index contributed by atoms with van der Waals surface area (Å²) in [6, 6.07) is 0. The average molecular weight is 389 g/mol. The predicted octanol–water partition coefficient (Wildman–Crippen LogP) is 1.03. The van der Waals surface area contributed by atoms with Gasteiger partial charge in [-0.3, -0.25) is 0 Å². The molecule has 1 unspecified atom stereocenters. The van der Waals surface area contributed by atoms with Crippen LogP contribution in [0.4, 0.5) is 0 Å². The van der Waals surface area contributed by atoms with Gasteiger partial charge >= 0.3 is 0 Å². The van der Waals surface area contributed by atoms with Crippen molar-refractivity contribution in [3.8, 4) is 0 Å². The lowest BCUT2D eigenvalue weighted by molar-refractivity contribution is -0.266. The molecular weight excluding hydrogens is 352 g/mol. The highest BCUT2D eigenvalue weighted by atomic mass is 16.7. The fraction of sp³-hybridized carbons (Fsp3) is 0.800. The summed E-state index contributed by atoms with van der Waals surface area (Å²) in [5.41, 5.74) is 1.22. The molecule has 27 heavy (non-hydrogen) atoms. The molecule has 0 aromatic carbocycles. The van der Waals surface area contributed by atoms with Gasteiger partial charge in [-0.25, -0.2) is 0 Å². The highest BCUT2D eigenvalue weighted by Gasteiger charge is 2.37. The lowest BCUT2D eigenvalue weighted by Gasteiger charge is -2.34. The van der Waals surface area contributed by atoms with E-state index < -0.39 is 36.3 Å². The van der Waals surface area contributed by atoms with Crippen LogP contribution in [0.5, 0.6) is 0 Å². The number of aliphatic hydroxyl groups excluding tert-OH is 4. The lowest BCUT2D eigenvalue weighted by atomic mass is 9.95. The molecule has 0 bridgehead atoms. The largest absolute Gasteiger partial charge is 0.390 e.